The molecule has 0 unspecified atom stereocenters. The molecule has 3 heteroatoms. The third-order valence-corrected chi connectivity index (χ3v) is 2.83. The van der Waals surface area contributed by atoms with Crippen molar-refractivity contribution in [3.8, 4) is 0 Å². The molecular weight excluding hydrogens is 159 g/mol. The lowest BCUT2D eigenvalue weighted by atomic mass is 9.72. The van der Waals surface area contributed by atoms with E-state index in [1.54, 1.807) is 0 Å². The normalized spacial score (nSPS) is 20.6. The van der Waals surface area contributed by atoms with Gasteiger partial charge in [0.2, 0.25) is 0 Å². The molecule has 0 N–H and O–H groups in total. The Balaban J connectivity index is 2.68. The monoisotopic (exact) mass is 180 g/mol. The summed E-state index contributed by atoms with van der Waals surface area (Å²) in [5.41, 5.74) is 0. The van der Waals surface area contributed by atoms with E-state index in [0.717, 1.165) is 0 Å². The smallest absolute Gasteiger partial charge is 0.321 e. The Kier molecular flexibility index (Phi) is 3.57. The minimum absolute atomic E-state index is 0.444. The van der Waals surface area contributed by atoms with Crippen LogP contribution in [0.1, 0.15) is 27.7 Å². The van der Waals surface area contributed by atoms with E-state index in [9.17, 15) is 0 Å². The summed E-state index contributed by atoms with van der Waals surface area (Å²) in [5, 5.41) is 0. The quantitative estimate of drug-likeness (QED) is 0.609. The molecule has 0 saturated carbocycles. The Morgan fingerprint density at radius 3 is 1.69 bits per heavy atom. The van der Waals surface area contributed by atoms with Gasteiger partial charge in [-0.15, -0.1) is 6.58 Å². The maximum absolute atomic E-state index is 3.92. The van der Waals surface area contributed by atoms with Crippen LogP contribution in [0.2, 0.25) is 0 Å². The van der Waals surface area contributed by atoms with Crippen molar-refractivity contribution < 1.29 is 0 Å². The van der Waals surface area contributed by atoms with Gasteiger partial charge in [-0.25, -0.2) is 0 Å². The Morgan fingerprint density at radius 1 is 1.08 bits per heavy atom. The first-order chi connectivity index (χ1) is 6.07. The molecule has 0 aliphatic carbocycles. The summed E-state index contributed by atoms with van der Waals surface area (Å²) >= 11 is 0. The summed E-state index contributed by atoms with van der Waals surface area (Å²) in [6.07, 6.45) is 0. The molecule has 1 rings (SSSR count). The molecule has 74 valence electrons. The van der Waals surface area contributed by atoms with Crippen molar-refractivity contribution >= 4 is 6.98 Å². The molecule has 1 saturated heterocycles. The highest BCUT2D eigenvalue weighted by atomic mass is 15.3. The fraction of sp³-hybridized carbons (Fsp3) is 0.800. The lowest BCUT2D eigenvalue weighted by Crippen LogP contribution is -2.47. The summed E-state index contributed by atoms with van der Waals surface area (Å²) in [6, 6.07) is 1.23. The first-order valence-electron chi connectivity index (χ1n) is 5.22. The van der Waals surface area contributed by atoms with Crippen LogP contribution in [0.4, 0.5) is 0 Å². The summed E-state index contributed by atoms with van der Waals surface area (Å²) in [5.74, 6) is 2.06. The average Bonchev–Trinajstić information content (AvgIpc) is 2.46. The highest BCUT2D eigenvalue weighted by Gasteiger charge is 2.36. The van der Waals surface area contributed by atoms with Crippen LogP contribution in [0.5, 0.6) is 0 Å². The Hall–Kier alpha value is -0.275. The molecule has 0 radical (unpaired) electrons. The van der Waals surface area contributed by atoms with Gasteiger partial charge in [0.1, 0.15) is 0 Å². The molecule has 0 bridgehead atoms. The zero-order chi connectivity index (χ0) is 10.0. The van der Waals surface area contributed by atoms with Gasteiger partial charge in [-0.3, -0.25) is 0 Å². The molecule has 1 aliphatic heterocycles. The van der Waals surface area contributed by atoms with Crippen LogP contribution in [-0.2, 0) is 0 Å². The molecule has 1 aliphatic rings. The molecule has 13 heavy (non-hydrogen) atoms. The Labute approximate surface area is 82.7 Å². The van der Waals surface area contributed by atoms with E-state index < -0.39 is 0 Å². The fourth-order valence-electron chi connectivity index (χ4n) is 2.08. The fourth-order valence-corrected chi connectivity index (χ4v) is 2.08. The van der Waals surface area contributed by atoms with Crippen molar-refractivity contribution in [2.75, 3.05) is 13.1 Å². The zero-order valence-corrected chi connectivity index (χ0v) is 9.33. The Morgan fingerprint density at radius 2 is 1.46 bits per heavy atom. The van der Waals surface area contributed by atoms with Gasteiger partial charge >= 0.3 is 6.98 Å². The molecule has 1 heterocycles. The van der Waals surface area contributed by atoms with Gasteiger partial charge in [-0.2, -0.15) is 0 Å². The SMILES string of the molecule is C=CB1N(C(C)C)CCN1C(C)C. The van der Waals surface area contributed by atoms with Crippen LogP contribution in [0.15, 0.2) is 12.6 Å². The van der Waals surface area contributed by atoms with Gasteiger partial charge in [-0.1, -0.05) is 33.7 Å². The van der Waals surface area contributed by atoms with Crippen molar-refractivity contribution in [1.29, 1.82) is 0 Å². The van der Waals surface area contributed by atoms with Crippen LogP contribution < -0.4 is 0 Å². The second-order valence-electron chi connectivity index (χ2n) is 4.31. The second kappa shape index (κ2) is 4.29. The van der Waals surface area contributed by atoms with Gasteiger partial charge in [0.05, 0.1) is 0 Å². The molecule has 0 spiro atoms. The van der Waals surface area contributed by atoms with Crippen molar-refractivity contribution in [1.82, 2.24) is 9.62 Å². The molecule has 0 aromatic carbocycles. The topological polar surface area (TPSA) is 6.48 Å². The molecule has 1 fully saturated rings. The summed E-state index contributed by atoms with van der Waals surface area (Å²) in [4.78, 5) is 4.99. The minimum Gasteiger partial charge on any atom is -0.321 e. The van der Waals surface area contributed by atoms with Gasteiger partial charge in [-0.05, 0) is 12.1 Å². The number of hydrogen-bond donors (Lipinski definition) is 0. The molecule has 2 nitrogen and oxygen atoms in total. The largest absolute Gasteiger partial charge is 0.338 e. The summed E-state index contributed by atoms with van der Waals surface area (Å²) < 4.78 is 0. The zero-order valence-electron chi connectivity index (χ0n) is 9.33. The summed E-state index contributed by atoms with van der Waals surface area (Å²) in [7, 11) is 0. The first kappa shape index (κ1) is 10.8. The minimum atomic E-state index is 0.444. The van der Waals surface area contributed by atoms with Crippen LogP contribution in [0.25, 0.3) is 0 Å². The predicted molar refractivity (Wildman–Crippen MR) is 59.6 cm³/mol. The van der Waals surface area contributed by atoms with E-state index in [2.05, 4.69) is 49.9 Å². The van der Waals surface area contributed by atoms with E-state index in [-0.39, 0.29) is 0 Å². The Bertz CT molecular complexity index is 164. The van der Waals surface area contributed by atoms with Crippen LogP contribution in [0.3, 0.4) is 0 Å². The molecule has 0 amide bonds. The molecular formula is C10H21BN2. The first-order valence-corrected chi connectivity index (χ1v) is 5.22. The van der Waals surface area contributed by atoms with E-state index in [4.69, 9.17) is 0 Å². The molecule has 0 atom stereocenters. The molecule has 0 aromatic heterocycles. The average molecular weight is 180 g/mol. The van der Waals surface area contributed by atoms with Crippen LogP contribution >= 0.6 is 0 Å². The maximum atomic E-state index is 3.92. The van der Waals surface area contributed by atoms with Gasteiger partial charge in [0.15, 0.2) is 0 Å². The van der Waals surface area contributed by atoms with Gasteiger partial charge in [0, 0.05) is 13.1 Å². The number of rotatable bonds is 3. The van der Waals surface area contributed by atoms with Crippen LogP contribution in [-0.4, -0.2) is 41.8 Å². The standard InChI is InChI=1S/C10H21BN2/c1-6-11-12(9(2)3)7-8-13(11)10(4)5/h6,9-10H,1,7-8H2,2-5H3. The van der Waals surface area contributed by atoms with Crippen molar-refractivity contribution in [3.05, 3.63) is 12.6 Å². The molecule has 0 aromatic rings. The third-order valence-electron chi connectivity index (χ3n) is 2.83. The number of nitrogens with zero attached hydrogens (tertiary/aromatic N) is 2. The third kappa shape index (κ3) is 2.15. The lowest BCUT2D eigenvalue weighted by molar-refractivity contribution is 0.390. The van der Waals surface area contributed by atoms with E-state index in [1.807, 2.05) is 0 Å². The lowest BCUT2D eigenvalue weighted by Gasteiger charge is -2.29. The highest BCUT2D eigenvalue weighted by Crippen LogP contribution is 2.17. The van der Waals surface area contributed by atoms with E-state index in [1.165, 1.54) is 13.1 Å². The van der Waals surface area contributed by atoms with Gasteiger partial charge in [0.25, 0.3) is 0 Å². The number of hydrogen-bond acceptors (Lipinski definition) is 2. The van der Waals surface area contributed by atoms with E-state index >= 15 is 0 Å². The highest BCUT2D eigenvalue weighted by molar-refractivity contribution is 6.59. The van der Waals surface area contributed by atoms with Gasteiger partial charge < -0.3 is 9.62 Å². The summed E-state index contributed by atoms with van der Waals surface area (Å²) in [6.45, 7) is 15.7. The van der Waals surface area contributed by atoms with Crippen LogP contribution in [0, 0.1) is 0 Å². The van der Waals surface area contributed by atoms with E-state index in [0.29, 0.717) is 19.1 Å². The maximum Gasteiger partial charge on any atom is 0.338 e. The second-order valence-corrected chi connectivity index (χ2v) is 4.31. The van der Waals surface area contributed by atoms with Crippen molar-refractivity contribution in [2.45, 2.75) is 39.8 Å². The predicted octanol–water partition coefficient (Wildman–Crippen LogP) is 1.63. The van der Waals surface area contributed by atoms with Crippen molar-refractivity contribution in [2.24, 2.45) is 0 Å². The van der Waals surface area contributed by atoms with Crippen molar-refractivity contribution in [3.63, 3.8) is 0 Å².